The molecule has 1 aromatic heterocycles. The Balaban J connectivity index is 1.22. The molecule has 166 valence electrons. The monoisotopic (exact) mass is 456 g/mol. The van der Waals surface area contributed by atoms with E-state index in [1.807, 2.05) is 17.0 Å². The maximum absolute atomic E-state index is 13.3. The van der Waals surface area contributed by atoms with Gasteiger partial charge in [-0.2, -0.15) is 0 Å². The molecule has 5 heteroatoms. The fourth-order valence-corrected chi connectivity index (χ4v) is 5.97. The Morgan fingerprint density at radius 2 is 1.76 bits per heavy atom. The minimum Gasteiger partial charge on any atom is -0.448 e. The Morgan fingerprint density at radius 1 is 1.03 bits per heavy atom. The summed E-state index contributed by atoms with van der Waals surface area (Å²) in [6.45, 7) is 0.360. The van der Waals surface area contributed by atoms with E-state index in [1.54, 1.807) is 6.20 Å². The number of hydrogen-bond acceptors (Lipinski definition) is 3. The Morgan fingerprint density at radius 3 is 2.45 bits per heavy atom. The fourth-order valence-electron chi connectivity index (χ4n) is 5.80. The first-order chi connectivity index (χ1) is 16.2. The standard InChI is InChI=1S/C28H25ClN2O2/c29-27-16-18(12-13-30-27)19-14-20-6-5-7-21(15-19)31(20)28(32)33-17-26-24-10-3-1-8-22(24)23-9-2-4-11-25(23)26/h1-4,8-14,16,20-21,26H,5-7,15,17H2. The molecule has 6 rings (SSSR count). The molecule has 0 radical (unpaired) electrons. The lowest BCUT2D eigenvalue weighted by molar-refractivity contribution is 0.0539. The third-order valence-corrected chi connectivity index (χ3v) is 7.49. The molecule has 2 aromatic carbocycles. The highest BCUT2D eigenvalue weighted by molar-refractivity contribution is 6.29. The van der Waals surface area contributed by atoms with Crippen LogP contribution in [-0.2, 0) is 4.74 Å². The van der Waals surface area contributed by atoms with Crippen LogP contribution in [0.4, 0.5) is 4.79 Å². The normalized spacial score (nSPS) is 21.2. The number of carbonyl (C=O) groups is 1. The van der Waals surface area contributed by atoms with E-state index < -0.39 is 0 Å². The summed E-state index contributed by atoms with van der Waals surface area (Å²) in [5, 5.41) is 0.498. The van der Waals surface area contributed by atoms with E-state index in [9.17, 15) is 4.79 Å². The van der Waals surface area contributed by atoms with Gasteiger partial charge in [0.2, 0.25) is 0 Å². The van der Waals surface area contributed by atoms with Crippen LogP contribution in [0, 0.1) is 0 Å². The van der Waals surface area contributed by atoms with E-state index in [-0.39, 0.29) is 24.1 Å². The summed E-state index contributed by atoms with van der Waals surface area (Å²) in [6, 6.07) is 21.0. The van der Waals surface area contributed by atoms with Gasteiger partial charge in [0, 0.05) is 18.2 Å². The van der Waals surface area contributed by atoms with Gasteiger partial charge < -0.3 is 4.74 Å². The number of halogens is 1. The number of hydrogen-bond donors (Lipinski definition) is 0. The summed E-state index contributed by atoms with van der Waals surface area (Å²) in [5.41, 5.74) is 7.31. The topological polar surface area (TPSA) is 42.4 Å². The molecule has 3 aliphatic rings. The van der Waals surface area contributed by atoms with Crippen LogP contribution in [0.3, 0.4) is 0 Å². The second-order valence-electron chi connectivity index (χ2n) is 9.13. The molecule has 1 amide bonds. The number of ether oxygens (including phenoxy) is 1. The van der Waals surface area contributed by atoms with E-state index >= 15 is 0 Å². The second-order valence-corrected chi connectivity index (χ2v) is 9.51. The van der Waals surface area contributed by atoms with E-state index in [1.165, 1.54) is 27.8 Å². The predicted molar refractivity (Wildman–Crippen MR) is 130 cm³/mol. The van der Waals surface area contributed by atoms with Crippen LogP contribution in [0.2, 0.25) is 5.15 Å². The molecule has 2 atom stereocenters. The first kappa shape index (κ1) is 20.5. The molecule has 1 aliphatic carbocycles. The average molecular weight is 457 g/mol. The van der Waals surface area contributed by atoms with Crippen LogP contribution < -0.4 is 0 Å². The highest BCUT2D eigenvalue weighted by Crippen LogP contribution is 2.45. The smallest absolute Gasteiger partial charge is 0.410 e. The van der Waals surface area contributed by atoms with Crippen LogP contribution in [0.25, 0.3) is 16.7 Å². The van der Waals surface area contributed by atoms with Gasteiger partial charge in [-0.3, -0.25) is 4.90 Å². The van der Waals surface area contributed by atoms with Gasteiger partial charge in [-0.15, -0.1) is 0 Å². The lowest BCUT2D eigenvalue weighted by Crippen LogP contribution is -2.51. The van der Waals surface area contributed by atoms with Crippen molar-refractivity contribution >= 4 is 23.3 Å². The van der Waals surface area contributed by atoms with Crippen LogP contribution in [-0.4, -0.2) is 34.7 Å². The third-order valence-electron chi connectivity index (χ3n) is 7.28. The summed E-state index contributed by atoms with van der Waals surface area (Å²) in [6.07, 6.45) is 7.67. The Hall–Kier alpha value is -3.11. The molecule has 1 saturated heterocycles. The molecule has 0 spiro atoms. The maximum atomic E-state index is 13.3. The molecule has 3 heterocycles. The summed E-state index contributed by atoms with van der Waals surface area (Å²) < 4.78 is 6.00. The summed E-state index contributed by atoms with van der Waals surface area (Å²) >= 11 is 6.12. The van der Waals surface area contributed by atoms with Gasteiger partial charge in [0.05, 0.1) is 6.04 Å². The number of piperidine rings is 1. The lowest BCUT2D eigenvalue weighted by atomic mass is 9.83. The summed E-state index contributed by atoms with van der Waals surface area (Å²) in [7, 11) is 0. The van der Waals surface area contributed by atoms with Crippen LogP contribution in [0.15, 0.2) is 72.9 Å². The number of pyridine rings is 1. The molecule has 3 aromatic rings. The largest absolute Gasteiger partial charge is 0.448 e. The molecular weight excluding hydrogens is 432 g/mol. The quantitative estimate of drug-likeness (QED) is 0.412. The van der Waals surface area contributed by atoms with Crippen molar-refractivity contribution in [1.29, 1.82) is 0 Å². The molecule has 2 bridgehead atoms. The van der Waals surface area contributed by atoms with Gasteiger partial charge >= 0.3 is 6.09 Å². The number of nitrogens with zero attached hydrogens (tertiary/aromatic N) is 2. The highest BCUT2D eigenvalue weighted by atomic mass is 35.5. The number of benzene rings is 2. The van der Waals surface area contributed by atoms with Crippen molar-refractivity contribution in [1.82, 2.24) is 9.88 Å². The van der Waals surface area contributed by atoms with Gasteiger partial charge in [0.25, 0.3) is 0 Å². The van der Waals surface area contributed by atoms with Crippen molar-refractivity contribution in [2.24, 2.45) is 0 Å². The van der Waals surface area contributed by atoms with Crippen LogP contribution >= 0.6 is 11.6 Å². The highest BCUT2D eigenvalue weighted by Gasteiger charge is 2.39. The molecule has 0 saturated carbocycles. The molecule has 0 N–H and O–H groups in total. The number of fused-ring (bicyclic) bond motifs is 5. The summed E-state index contributed by atoms with van der Waals surface area (Å²) in [5.74, 6) is 0.0797. The number of carbonyl (C=O) groups excluding carboxylic acids is 1. The van der Waals surface area contributed by atoms with Gasteiger partial charge in [-0.05, 0) is 71.2 Å². The Labute approximate surface area is 198 Å². The van der Waals surface area contributed by atoms with E-state index in [2.05, 4.69) is 59.6 Å². The third kappa shape index (κ3) is 3.63. The Bertz CT molecular complexity index is 1210. The molecule has 33 heavy (non-hydrogen) atoms. The number of amides is 1. The molecule has 4 nitrogen and oxygen atoms in total. The first-order valence-corrected chi connectivity index (χ1v) is 12.0. The van der Waals surface area contributed by atoms with Gasteiger partial charge in [-0.1, -0.05) is 66.2 Å². The number of aromatic nitrogens is 1. The van der Waals surface area contributed by atoms with Gasteiger partial charge in [-0.25, -0.2) is 9.78 Å². The molecule has 2 aliphatic heterocycles. The molecule has 2 unspecified atom stereocenters. The van der Waals surface area contributed by atoms with Crippen molar-refractivity contribution in [3.05, 3.63) is 94.8 Å². The van der Waals surface area contributed by atoms with E-state index in [0.717, 1.165) is 31.2 Å². The van der Waals surface area contributed by atoms with Crippen LogP contribution in [0.1, 0.15) is 48.3 Å². The zero-order chi connectivity index (χ0) is 22.4. The lowest BCUT2D eigenvalue weighted by Gasteiger charge is -2.44. The van der Waals surface area contributed by atoms with Crippen molar-refractivity contribution in [2.45, 2.75) is 43.7 Å². The van der Waals surface area contributed by atoms with Crippen molar-refractivity contribution in [3.8, 4) is 11.1 Å². The molecule has 1 fully saturated rings. The second kappa shape index (κ2) is 8.35. The van der Waals surface area contributed by atoms with Gasteiger partial charge in [0.15, 0.2) is 0 Å². The van der Waals surface area contributed by atoms with E-state index in [4.69, 9.17) is 16.3 Å². The zero-order valence-corrected chi connectivity index (χ0v) is 19.0. The van der Waals surface area contributed by atoms with Crippen LogP contribution in [0.5, 0.6) is 0 Å². The zero-order valence-electron chi connectivity index (χ0n) is 18.3. The number of rotatable bonds is 3. The predicted octanol–water partition coefficient (Wildman–Crippen LogP) is 6.69. The van der Waals surface area contributed by atoms with Crippen molar-refractivity contribution in [2.75, 3.05) is 6.61 Å². The minimum atomic E-state index is -0.199. The minimum absolute atomic E-state index is 0.0649. The average Bonchev–Trinajstić information content (AvgIpc) is 3.15. The van der Waals surface area contributed by atoms with Crippen molar-refractivity contribution in [3.63, 3.8) is 0 Å². The Kier molecular flexibility index (Phi) is 5.18. The SMILES string of the molecule is O=C(OCC1c2ccccc2-c2ccccc21)N1C2C=C(c3ccnc(Cl)c3)CC1CCC2. The summed E-state index contributed by atoms with van der Waals surface area (Å²) in [4.78, 5) is 19.4. The molecular formula is C28H25ClN2O2. The first-order valence-electron chi connectivity index (χ1n) is 11.6. The van der Waals surface area contributed by atoms with Crippen molar-refractivity contribution < 1.29 is 9.53 Å². The fraction of sp³-hybridized carbons (Fsp3) is 0.286. The van der Waals surface area contributed by atoms with E-state index in [0.29, 0.717) is 11.8 Å². The maximum Gasteiger partial charge on any atom is 0.410 e. The van der Waals surface area contributed by atoms with Gasteiger partial charge in [0.1, 0.15) is 11.8 Å².